The molecular weight excluding hydrogens is 499 g/mol. The number of fused-ring (bicyclic) bond motifs is 1. The lowest BCUT2D eigenvalue weighted by Crippen LogP contribution is -2.45. The van der Waals surface area contributed by atoms with E-state index in [0.29, 0.717) is 66.9 Å². The number of ether oxygens (including phenoxy) is 1. The summed E-state index contributed by atoms with van der Waals surface area (Å²) < 4.78 is 19.1. The Morgan fingerprint density at radius 2 is 1.85 bits per heavy atom. The normalized spacial score (nSPS) is 23.3. The van der Waals surface area contributed by atoms with Crippen molar-refractivity contribution in [2.24, 2.45) is 5.41 Å². The third kappa shape index (κ3) is 5.65. The number of aromatic nitrogens is 2. The van der Waals surface area contributed by atoms with Gasteiger partial charge in [0.2, 0.25) is 11.9 Å². The Hall–Kier alpha value is -3.43. The fraction of sp³-hybridized carbons (Fsp3) is 0.586. The summed E-state index contributed by atoms with van der Waals surface area (Å²) >= 11 is 0. The minimum absolute atomic E-state index is 0.0147. The third-order valence-electron chi connectivity index (χ3n) is 8.30. The second-order valence-electron chi connectivity index (χ2n) is 11.7. The molecule has 0 bridgehead atoms. The molecule has 9 nitrogen and oxygen atoms in total. The first-order chi connectivity index (χ1) is 18.7. The van der Waals surface area contributed by atoms with E-state index in [4.69, 9.17) is 9.72 Å². The molecule has 1 aliphatic heterocycles. The highest BCUT2D eigenvalue weighted by Crippen LogP contribution is 2.40. The highest BCUT2D eigenvalue weighted by Gasteiger charge is 2.41. The topological polar surface area (TPSA) is 99.7 Å². The number of hydrogen-bond donors (Lipinski definition) is 2. The summed E-state index contributed by atoms with van der Waals surface area (Å²) in [5, 5.41) is 6.27. The van der Waals surface area contributed by atoms with Gasteiger partial charge >= 0.3 is 0 Å². The molecule has 0 unspecified atom stereocenters. The summed E-state index contributed by atoms with van der Waals surface area (Å²) in [5.41, 5.74) is 1.23. The van der Waals surface area contributed by atoms with E-state index in [9.17, 15) is 14.0 Å². The predicted molar refractivity (Wildman–Crippen MR) is 150 cm³/mol. The summed E-state index contributed by atoms with van der Waals surface area (Å²) in [4.78, 5) is 39.5. The van der Waals surface area contributed by atoms with Crippen LogP contribution in [0.25, 0.3) is 0 Å². The summed E-state index contributed by atoms with van der Waals surface area (Å²) in [6.45, 7) is 4.56. The van der Waals surface area contributed by atoms with Crippen LogP contribution in [0.4, 0.5) is 27.5 Å². The average molecular weight is 539 g/mol. The van der Waals surface area contributed by atoms with Crippen molar-refractivity contribution in [2.75, 3.05) is 35.8 Å². The van der Waals surface area contributed by atoms with Gasteiger partial charge in [0.25, 0.3) is 5.91 Å². The van der Waals surface area contributed by atoms with Crippen molar-refractivity contribution in [1.82, 2.24) is 15.3 Å². The Balaban J connectivity index is 1.39. The molecule has 2 N–H and O–H groups in total. The molecule has 1 aromatic carbocycles. The first-order valence-electron chi connectivity index (χ1n) is 14.0. The number of amides is 2. The van der Waals surface area contributed by atoms with Crippen LogP contribution in [0.2, 0.25) is 0 Å². The van der Waals surface area contributed by atoms with Gasteiger partial charge in [-0.3, -0.25) is 9.59 Å². The molecule has 2 fully saturated rings. The third-order valence-corrected chi connectivity index (χ3v) is 8.30. The number of nitrogens with one attached hydrogen (secondary N) is 2. The van der Waals surface area contributed by atoms with Gasteiger partial charge in [0.05, 0.1) is 24.4 Å². The van der Waals surface area contributed by atoms with Crippen LogP contribution in [0.1, 0.15) is 75.6 Å². The van der Waals surface area contributed by atoms with Gasteiger partial charge in [-0.15, -0.1) is 0 Å². The van der Waals surface area contributed by atoms with Gasteiger partial charge in [-0.2, -0.15) is 4.98 Å². The number of benzene rings is 1. The Morgan fingerprint density at radius 1 is 1.13 bits per heavy atom. The monoisotopic (exact) mass is 538 g/mol. The van der Waals surface area contributed by atoms with E-state index in [0.717, 1.165) is 18.7 Å². The van der Waals surface area contributed by atoms with Crippen LogP contribution in [-0.4, -0.2) is 60.7 Å². The summed E-state index contributed by atoms with van der Waals surface area (Å²) in [6, 6.07) is 5.50. The van der Waals surface area contributed by atoms with E-state index < -0.39 is 11.6 Å². The van der Waals surface area contributed by atoms with Crippen LogP contribution in [0.3, 0.4) is 0 Å². The lowest BCUT2D eigenvalue weighted by molar-refractivity contribution is -0.125. The number of rotatable bonds is 6. The standard InChI is InChI=1S/C29H39FN6O3/c1-29(2)17-36(21-7-5-6-8-21)25-23(35(3)27(29)38)16-31-28(34-25)33-22-14-9-18(15-24(22)39-4)26(37)32-20-12-10-19(30)11-13-20/h9,14-16,19-21H,5-8,10-13,17H2,1-4H3,(H,32,37)(H,31,33,34). The molecule has 2 saturated carbocycles. The number of halogens is 1. The number of methoxy groups -OCH3 is 1. The van der Waals surface area contributed by atoms with Crippen LogP contribution < -0.4 is 25.2 Å². The molecule has 2 amide bonds. The maximum Gasteiger partial charge on any atom is 0.251 e. The Bertz CT molecular complexity index is 1220. The van der Waals surface area contributed by atoms with Gasteiger partial charge in [0.1, 0.15) is 17.6 Å². The molecule has 2 heterocycles. The van der Waals surface area contributed by atoms with Crippen molar-refractivity contribution in [1.29, 1.82) is 0 Å². The van der Waals surface area contributed by atoms with E-state index in [1.54, 1.807) is 43.5 Å². The van der Waals surface area contributed by atoms with Gasteiger partial charge in [-0.1, -0.05) is 12.8 Å². The molecule has 2 aliphatic carbocycles. The summed E-state index contributed by atoms with van der Waals surface area (Å²) in [6.07, 6.45) is 7.69. The van der Waals surface area contributed by atoms with Gasteiger partial charge in [-0.05, 0) is 70.6 Å². The molecule has 0 atom stereocenters. The molecule has 210 valence electrons. The number of alkyl halides is 1. The van der Waals surface area contributed by atoms with Crippen LogP contribution in [0, 0.1) is 5.41 Å². The second-order valence-corrected chi connectivity index (χ2v) is 11.7. The lowest BCUT2D eigenvalue weighted by atomic mass is 9.91. The summed E-state index contributed by atoms with van der Waals surface area (Å²) in [5.74, 6) is 1.46. The van der Waals surface area contributed by atoms with Crippen molar-refractivity contribution < 1.29 is 18.7 Å². The SMILES string of the molecule is COc1cc(C(=O)NC2CCC(F)CC2)ccc1Nc1ncc2c(n1)N(C1CCCC1)CC(C)(C)C(=O)N2C. The Kier molecular flexibility index (Phi) is 7.64. The minimum Gasteiger partial charge on any atom is -0.495 e. The quantitative estimate of drug-likeness (QED) is 0.535. The second kappa shape index (κ2) is 11.0. The maximum absolute atomic E-state index is 13.5. The van der Waals surface area contributed by atoms with Crippen molar-refractivity contribution in [2.45, 2.75) is 83.5 Å². The molecule has 5 rings (SSSR count). The first kappa shape index (κ1) is 27.1. The zero-order valence-corrected chi connectivity index (χ0v) is 23.3. The molecule has 0 radical (unpaired) electrons. The molecule has 0 saturated heterocycles. The Labute approximate surface area is 229 Å². The number of carbonyl (C=O) groups is 2. The average Bonchev–Trinajstić information content (AvgIpc) is 3.45. The summed E-state index contributed by atoms with van der Waals surface area (Å²) in [7, 11) is 3.33. The van der Waals surface area contributed by atoms with Crippen molar-refractivity contribution in [3.05, 3.63) is 30.0 Å². The number of anilines is 4. The molecular formula is C29H39FN6O3. The highest BCUT2D eigenvalue weighted by molar-refractivity contribution is 6.01. The minimum atomic E-state index is -0.767. The van der Waals surface area contributed by atoms with Crippen LogP contribution in [0.15, 0.2) is 24.4 Å². The smallest absolute Gasteiger partial charge is 0.251 e. The predicted octanol–water partition coefficient (Wildman–Crippen LogP) is 4.99. The van der Waals surface area contributed by atoms with E-state index in [2.05, 4.69) is 20.5 Å². The fourth-order valence-electron chi connectivity index (χ4n) is 6.05. The molecule has 2 aromatic rings. The molecule has 10 heteroatoms. The zero-order chi connectivity index (χ0) is 27.7. The van der Waals surface area contributed by atoms with Gasteiger partial charge < -0.3 is 25.2 Å². The van der Waals surface area contributed by atoms with E-state index in [1.165, 1.54) is 12.8 Å². The number of hydrogen-bond acceptors (Lipinski definition) is 7. The van der Waals surface area contributed by atoms with Crippen molar-refractivity contribution in [3.8, 4) is 5.75 Å². The maximum atomic E-state index is 13.5. The first-order valence-corrected chi connectivity index (χ1v) is 14.0. The van der Waals surface area contributed by atoms with E-state index in [-0.39, 0.29) is 17.9 Å². The molecule has 1 aromatic heterocycles. The molecule has 3 aliphatic rings. The van der Waals surface area contributed by atoms with E-state index in [1.807, 2.05) is 13.8 Å². The van der Waals surface area contributed by atoms with Gasteiger partial charge in [-0.25, -0.2) is 9.37 Å². The zero-order valence-electron chi connectivity index (χ0n) is 23.3. The van der Waals surface area contributed by atoms with Crippen LogP contribution in [-0.2, 0) is 4.79 Å². The highest BCUT2D eigenvalue weighted by atomic mass is 19.1. The number of nitrogens with zero attached hydrogens (tertiary/aromatic N) is 4. The van der Waals surface area contributed by atoms with Crippen LogP contribution >= 0.6 is 0 Å². The van der Waals surface area contributed by atoms with E-state index >= 15 is 0 Å². The Morgan fingerprint density at radius 3 is 2.54 bits per heavy atom. The molecule has 0 spiro atoms. The number of carbonyl (C=O) groups excluding carboxylic acids is 2. The van der Waals surface area contributed by atoms with Crippen LogP contribution in [0.5, 0.6) is 5.75 Å². The van der Waals surface area contributed by atoms with Crippen molar-refractivity contribution >= 4 is 35.0 Å². The lowest BCUT2D eigenvalue weighted by Gasteiger charge is -2.34. The largest absolute Gasteiger partial charge is 0.495 e. The molecule has 39 heavy (non-hydrogen) atoms. The van der Waals surface area contributed by atoms with Gasteiger partial charge in [0.15, 0.2) is 5.82 Å². The fourth-order valence-corrected chi connectivity index (χ4v) is 6.05. The van der Waals surface area contributed by atoms with Crippen molar-refractivity contribution in [3.63, 3.8) is 0 Å². The van der Waals surface area contributed by atoms with Gasteiger partial charge in [0, 0.05) is 31.2 Å².